The fourth-order valence-corrected chi connectivity index (χ4v) is 3.30. The molecule has 0 bridgehead atoms. The van der Waals surface area contributed by atoms with Gasteiger partial charge in [0.15, 0.2) is 0 Å². The van der Waals surface area contributed by atoms with Gasteiger partial charge in [-0.05, 0) is 48.7 Å². The summed E-state index contributed by atoms with van der Waals surface area (Å²) >= 11 is 1.56. The summed E-state index contributed by atoms with van der Waals surface area (Å²) < 4.78 is 6.78. The van der Waals surface area contributed by atoms with Crippen molar-refractivity contribution in [2.24, 2.45) is 0 Å². The first-order valence-electron chi connectivity index (χ1n) is 8.53. The standard InChI is InChI=1S/C21H20N2O2S/c1-2-3-4-5-11-25-18-8-6-7-16(12-18)13-21(24)23-17-9-10-19-20(14-17)26-15-22-19/h1,6-10,12,14-15H,3-5,11,13H2,(H,23,24). The van der Waals surface area contributed by atoms with Crippen LogP contribution in [-0.2, 0) is 11.2 Å². The van der Waals surface area contributed by atoms with Crippen LogP contribution in [0.1, 0.15) is 24.8 Å². The number of nitrogens with zero attached hydrogens (tertiary/aromatic N) is 1. The maximum Gasteiger partial charge on any atom is 0.228 e. The predicted octanol–water partition coefficient (Wildman–Crippen LogP) is 4.66. The molecule has 4 nitrogen and oxygen atoms in total. The molecular weight excluding hydrogens is 344 g/mol. The zero-order valence-corrected chi connectivity index (χ0v) is 15.2. The van der Waals surface area contributed by atoms with Crippen molar-refractivity contribution in [3.8, 4) is 18.1 Å². The van der Waals surface area contributed by atoms with E-state index in [2.05, 4.69) is 16.2 Å². The van der Waals surface area contributed by atoms with Gasteiger partial charge < -0.3 is 10.1 Å². The summed E-state index contributed by atoms with van der Waals surface area (Å²) in [6.45, 7) is 0.631. The fourth-order valence-electron chi connectivity index (χ4n) is 2.59. The van der Waals surface area contributed by atoms with Crippen molar-refractivity contribution in [2.45, 2.75) is 25.7 Å². The monoisotopic (exact) mass is 364 g/mol. The summed E-state index contributed by atoms with van der Waals surface area (Å²) in [6, 6.07) is 13.4. The molecule has 132 valence electrons. The van der Waals surface area contributed by atoms with Crippen LogP contribution >= 0.6 is 11.3 Å². The molecule has 0 aliphatic carbocycles. The van der Waals surface area contributed by atoms with E-state index >= 15 is 0 Å². The third kappa shape index (κ3) is 5.08. The number of amides is 1. The molecule has 26 heavy (non-hydrogen) atoms. The Bertz CT molecular complexity index is 927. The lowest BCUT2D eigenvalue weighted by Crippen LogP contribution is -2.14. The highest BCUT2D eigenvalue weighted by molar-refractivity contribution is 7.16. The number of hydrogen-bond donors (Lipinski definition) is 1. The SMILES string of the molecule is C#CCCCCOc1cccc(CC(=O)Nc2ccc3ncsc3c2)c1. The van der Waals surface area contributed by atoms with Crippen LogP contribution in [0.4, 0.5) is 5.69 Å². The second kappa shape index (κ2) is 9.02. The normalized spacial score (nSPS) is 10.4. The van der Waals surface area contributed by atoms with Gasteiger partial charge in [0.2, 0.25) is 5.91 Å². The number of benzene rings is 2. The molecule has 5 heteroatoms. The van der Waals surface area contributed by atoms with Crippen LogP contribution in [-0.4, -0.2) is 17.5 Å². The van der Waals surface area contributed by atoms with Gasteiger partial charge >= 0.3 is 0 Å². The molecule has 2 aromatic carbocycles. The summed E-state index contributed by atoms with van der Waals surface area (Å²) in [7, 11) is 0. The fraction of sp³-hybridized carbons (Fsp3) is 0.238. The van der Waals surface area contributed by atoms with Crippen molar-refractivity contribution in [3.05, 3.63) is 53.5 Å². The number of ether oxygens (including phenoxy) is 1. The Hall–Kier alpha value is -2.84. The lowest BCUT2D eigenvalue weighted by atomic mass is 10.1. The Labute approximate surface area is 157 Å². The molecule has 0 radical (unpaired) electrons. The molecule has 0 spiro atoms. The van der Waals surface area contributed by atoms with Gasteiger partial charge in [-0.2, -0.15) is 0 Å². The highest BCUT2D eigenvalue weighted by Gasteiger charge is 2.07. The number of carbonyl (C=O) groups excluding carboxylic acids is 1. The first-order chi connectivity index (χ1) is 12.7. The quantitative estimate of drug-likeness (QED) is 0.467. The minimum absolute atomic E-state index is 0.0555. The smallest absolute Gasteiger partial charge is 0.228 e. The molecule has 1 aromatic heterocycles. The molecule has 3 rings (SSSR count). The largest absolute Gasteiger partial charge is 0.494 e. The van der Waals surface area contributed by atoms with Gasteiger partial charge in [-0.15, -0.1) is 23.7 Å². The first-order valence-corrected chi connectivity index (χ1v) is 9.41. The van der Waals surface area contributed by atoms with E-state index in [1.54, 1.807) is 16.8 Å². The molecule has 0 aliphatic rings. The van der Waals surface area contributed by atoms with E-state index in [1.165, 1.54) is 0 Å². The molecule has 0 saturated heterocycles. The number of rotatable bonds is 8. The van der Waals surface area contributed by atoms with E-state index in [4.69, 9.17) is 11.2 Å². The second-order valence-electron chi connectivity index (χ2n) is 5.92. The summed E-state index contributed by atoms with van der Waals surface area (Å²) in [4.78, 5) is 16.6. The van der Waals surface area contributed by atoms with Crippen LogP contribution in [0.2, 0.25) is 0 Å². The van der Waals surface area contributed by atoms with Crippen LogP contribution in [0.15, 0.2) is 48.0 Å². The van der Waals surface area contributed by atoms with Gasteiger partial charge in [-0.25, -0.2) is 4.98 Å². The van der Waals surface area contributed by atoms with E-state index in [-0.39, 0.29) is 5.91 Å². The molecule has 1 amide bonds. The van der Waals surface area contributed by atoms with Crippen LogP contribution < -0.4 is 10.1 Å². The lowest BCUT2D eigenvalue weighted by Gasteiger charge is -2.08. The van der Waals surface area contributed by atoms with E-state index < -0.39 is 0 Å². The third-order valence-corrected chi connectivity index (χ3v) is 4.65. The maximum absolute atomic E-state index is 12.3. The minimum atomic E-state index is -0.0555. The van der Waals surface area contributed by atoms with Crippen molar-refractivity contribution < 1.29 is 9.53 Å². The molecule has 1 heterocycles. The Balaban J connectivity index is 1.53. The molecule has 1 N–H and O–H groups in total. The van der Waals surface area contributed by atoms with Crippen molar-refractivity contribution in [3.63, 3.8) is 0 Å². The number of nitrogens with one attached hydrogen (secondary N) is 1. The van der Waals surface area contributed by atoms with Crippen LogP contribution in [0.25, 0.3) is 10.2 Å². The van der Waals surface area contributed by atoms with E-state index in [1.807, 2.05) is 42.5 Å². The molecule has 0 unspecified atom stereocenters. The predicted molar refractivity (Wildman–Crippen MR) is 107 cm³/mol. The average Bonchev–Trinajstić information content (AvgIpc) is 3.09. The van der Waals surface area contributed by atoms with Gasteiger partial charge in [-0.3, -0.25) is 4.79 Å². The summed E-state index contributed by atoms with van der Waals surface area (Å²) in [5.74, 6) is 3.35. The Morgan fingerprint density at radius 2 is 2.15 bits per heavy atom. The van der Waals surface area contributed by atoms with Crippen LogP contribution in [0.5, 0.6) is 5.75 Å². The van der Waals surface area contributed by atoms with E-state index in [0.717, 1.165) is 46.5 Å². The van der Waals surface area contributed by atoms with Crippen LogP contribution in [0.3, 0.4) is 0 Å². The number of aromatic nitrogens is 1. The van der Waals surface area contributed by atoms with Crippen molar-refractivity contribution in [2.75, 3.05) is 11.9 Å². The third-order valence-electron chi connectivity index (χ3n) is 3.86. The molecule has 0 saturated carbocycles. The molecule has 0 fully saturated rings. The number of hydrogen-bond acceptors (Lipinski definition) is 4. The zero-order valence-electron chi connectivity index (χ0n) is 14.4. The number of terminal acetylenes is 1. The molecule has 0 aliphatic heterocycles. The lowest BCUT2D eigenvalue weighted by molar-refractivity contribution is -0.115. The zero-order chi connectivity index (χ0) is 18.2. The number of unbranched alkanes of at least 4 members (excludes halogenated alkanes) is 2. The number of thiazole rings is 1. The number of fused-ring (bicyclic) bond motifs is 1. The highest BCUT2D eigenvalue weighted by Crippen LogP contribution is 2.22. The first kappa shape index (κ1) is 18.0. The van der Waals surface area contributed by atoms with Crippen molar-refractivity contribution in [1.29, 1.82) is 0 Å². The topological polar surface area (TPSA) is 51.2 Å². The summed E-state index contributed by atoms with van der Waals surface area (Å²) in [6.07, 6.45) is 8.20. The van der Waals surface area contributed by atoms with Crippen LogP contribution in [0, 0.1) is 12.3 Å². The Morgan fingerprint density at radius 3 is 3.04 bits per heavy atom. The van der Waals surface area contributed by atoms with E-state index in [0.29, 0.717) is 13.0 Å². The van der Waals surface area contributed by atoms with Crippen molar-refractivity contribution in [1.82, 2.24) is 4.98 Å². The summed E-state index contributed by atoms with van der Waals surface area (Å²) in [5.41, 5.74) is 4.45. The summed E-state index contributed by atoms with van der Waals surface area (Å²) in [5, 5.41) is 2.94. The Kier molecular flexibility index (Phi) is 6.24. The van der Waals surface area contributed by atoms with Gasteiger partial charge in [0.1, 0.15) is 5.75 Å². The maximum atomic E-state index is 12.3. The Morgan fingerprint density at radius 1 is 1.23 bits per heavy atom. The highest BCUT2D eigenvalue weighted by atomic mass is 32.1. The number of carbonyl (C=O) groups is 1. The number of anilines is 1. The molecule has 3 aromatic rings. The second-order valence-corrected chi connectivity index (χ2v) is 6.80. The minimum Gasteiger partial charge on any atom is -0.494 e. The molecule has 0 atom stereocenters. The van der Waals surface area contributed by atoms with Gasteiger partial charge in [0.25, 0.3) is 0 Å². The molecular formula is C21H20N2O2S. The van der Waals surface area contributed by atoms with E-state index in [9.17, 15) is 4.79 Å². The van der Waals surface area contributed by atoms with Crippen molar-refractivity contribution >= 4 is 33.1 Å². The van der Waals surface area contributed by atoms with Gasteiger partial charge in [-0.1, -0.05) is 12.1 Å². The van der Waals surface area contributed by atoms with Gasteiger partial charge in [0.05, 0.1) is 28.8 Å². The average molecular weight is 364 g/mol. The van der Waals surface area contributed by atoms with Gasteiger partial charge in [0, 0.05) is 12.1 Å².